The Morgan fingerprint density at radius 2 is 2.00 bits per heavy atom. The summed E-state index contributed by atoms with van der Waals surface area (Å²) < 4.78 is 2.44. The second kappa shape index (κ2) is 3.90. The Balaban J connectivity index is 2.65. The van der Waals surface area contributed by atoms with Crippen molar-refractivity contribution in [3.63, 3.8) is 0 Å². The van der Waals surface area contributed by atoms with Crippen LogP contribution >= 0.6 is 15.9 Å². The number of aromatic nitrogens is 1. The number of rotatable bonds is 1. The molecule has 1 heterocycles. The number of nitrogen functional groups attached to an aromatic ring is 1. The van der Waals surface area contributed by atoms with Crippen LogP contribution in [-0.4, -0.2) is 4.57 Å². The van der Waals surface area contributed by atoms with E-state index < -0.39 is 0 Å². The molecule has 0 aliphatic rings. The summed E-state index contributed by atoms with van der Waals surface area (Å²) in [5.74, 6) is 0. The Morgan fingerprint density at radius 3 is 2.73 bits per heavy atom. The summed E-state index contributed by atoms with van der Waals surface area (Å²) >= 11 is 3.36. The number of hydrogen-bond acceptors (Lipinski definition) is 2. The molecule has 2 rings (SSSR count). The van der Waals surface area contributed by atoms with Crippen molar-refractivity contribution in [1.29, 1.82) is 0 Å². The number of anilines is 1. The van der Waals surface area contributed by atoms with Crippen LogP contribution in [0.1, 0.15) is 0 Å². The molecule has 0 unspecified atom stereocenters. The topological polar surface area (TPSA) is 48.0 Å². The lowest BCUT2D eigenvalue weighted by Gasteiger charge is -2.06. The van der Waals surface area contributed by atoms with Gasteiger partial charge in [0.2, 0.25) is 0 Å². The Labute approximate surface area is 95.3 Å². The van der Waals surface area contributed by atoms with Crippen molar-refractivity contribution in [2.75, 3.05) is 5.73 Å². The highest BCUT2D eigenvalue weighted by Gasteiger charge is 2.01. The van der Waals surface area contributed by atoms with Gasteiger partial charge in [-0.3, -0.25) is 9.36 Å². The van der Waals surface area contributed by atoms with Gasteiger partial charge in [0.25, 0.3) is 5.56 Å². The highest BCUT2D eigenvalue weighted by Crippen LogP contribution is 2.14. The number of nitrogens with zero attached hydrogens (tertiary/aromatic N) is 1. The molecule has 76 valence electrons. The highest BCUT2D eigenvalue weighted by molar-refractivity contribution is 9.10. The first kappa shape index (κ1) is 9.98. The Bertz CT molecular complexity index is 548. The Hall–Kier alpha value is -1.55. The minimum absolute atomic E-state index is 0.199. The van der Waals surface area contributed by atoms with E-state index in [0.29, 0.717) is 0 Å². The monoisotopic (exact) mass is 264 g/mol. The van der Waals surface area contributed by atoms with Gasteiger partial charge in [-0.1, -0.05) is 22.0 Å². The van der Waals surface area contributed by atoms with Crippen molar-refractivity contribution in [3.05, 3.63) is 57.4 Å². The lowest BCUT2D eigenvalue weighted by atomic mass is 10.3. The molecule has 0 saturated carbocycles. The van der Waals surface area contributed by atoms with Crippen molar-refractivity contribution in [2.45, 2.75) is 0 Å². The van der Waals surface area contributed by atoms with E-state index in [2.05, 4.69) is 15.9 Å². The first-order chi connectivity index (χ1) is 7.18. The third-order valence-corrected chi connectivity index (χ3v) is 2.56. The average Bonchev–Trinajstić information content (AvgIpc) is 2.22. The minimum Gasteiger partial charge on any atom is -0.394 e. The molecule has 2 aromatic rings. The summed E-state index contributed by atoms with van der Waals surface area (Å²) in [6.45, 7) is 0. The van der Waals surface area contributed by atoms with E-state index in [1.807, 2.05) is 24.3 Å². The molecule has 0 amide bonds. The molecule has 0 fully saturated rings. The summed E-state index contributed by atoms with van der Waals surface area (Å²) in [6, 6.07) is 10.8. The van der Waals surface area contributed by atoms with Crippen LogP contribution in [0.15, 0.2) is 51.9 Å². The SMILES string of the molecule is Nc1cccn(-c2cccc(Br)c2)c1=O. The zero-order valence-electron chi connectivity index (χ0n) is 7.85. The molecule has 0 saturated heterocycles. The molecule has 0 spiro atoms. The van der Waals surface area contributed by atoms with Crippen molar-refractivity contribution in [2.24, 2.45) is 0 Å². The molecule has 0 bridgehead atoms. The second-order valence-corrected chi connectivity index (χ2v) is 4.03. The fourth-order valence-electron chi connectivity index (χ4n) is 1.34. The zero-order valence-corrected chi connectivity index (χ0v) is 9.44. The van der Waals surface area contributed by atoms with E-state index in [0.717, 1.165) is 10.2 Å². The average molecular weight is 265 g/mol. The molecule has 15 heavy (non-hydrogen) atoms. The van der Waals surface area contributed by atoms with E-state index in [1.54, 1.807) is 18.3 Å². The first-order valence-corrected chi connectivity index (χ1v) is 5.21. The van der Waals surface area contributed by atoms with Crippen molar-refractivity contribution >= 4 is 21.6 Å². The molecule has 0 radical (unpaired) electrons. The lowest BCUT2D eigenvalue weighted by molar-refractivity contribution is 0.994. The molecule has 1 aromatic carbocycles. The molecule has 0 aliphatic carbocycles. The van der Waals surface area contributed by atoms with Gasteiger partial charge in [-0.25, -0.2) is 0 Å². The third kappa shape index (κ3) is 1.94. The Kier molecular flexibility index (Phi) is 2.60. The van der Waals surface area contributed by atoms with Crippen LogP contribution in [0.25, 0.3) is 5.69 Å². The fourth-order valence-corrected chi connectivity index (χ4v) is 1.73. The number of pyridine rings is 1. The summed E-state index contributed by atoms with van der Waals surface area (Å²) in [7, 11) is 0. The van der Waals surface area contributed by atoms with Crippen LogP contribution in [0, 0.1) is 0 Å². The van der Waals surface area contributed by atoms with Gasteiger partial charge in [-0.2, -0.15) is 0 Å². The van der Waals surface area contributed by atoms with Crippen LogP contribution < -0.4 is 11.3 Å². The van der Waals surface area contributed by atoms with Crippen LogP contribution in [0.4, 0.5) is 5.69 Å². The molecule has 0 aliphatic heterocycles. The van der Waals surface area contributed by atoms with Gasteiger partial charge in [-0.05, 0) is 30.3 Å². The smallest absolute Gasteiger partial charge is 0.278 e. The molecular weight excluding hydrogens is 256 g/mol. The van der Waals surface area contributed by atoms with Gasteiger partial charge in [0.05, 0.1) is 5.69 Å². The normalized spacial score (nSPS) is 10.2. The minimum atomic E-state index is -0.199. The van der Waals surface area contributed by atoms with Crippen LogP contribution in [0.3, 0.4) is 0 Å². The standard InChI is InChI=1S/C11H9BrN2O/c12-8-3-1-4-9(7-8)14-6-2-5-10(13)11(14)15/h1-7H,13H2. The van der Waals surface area contributed by atoms with Crippen molar-refractivity contribution < 1.29 is 0 Å². The zero-order chi connectivity index (χ0) is 10.8. The summed E-state index contributed by atoms with van der Waals surface area (Å²) in [5, 5.41) is 0. The molecule has 3 nitrogen and oxygen atoms in total. The Morgan fingerprint density at radius 1 is 1.20 bits per heavy atom. The maximum Gasteiger partial charge on any atom is 0.278 e. The van der Waals surface area contributed by atoms with Gasteiger partial charge in [0.1, 0.15) is 0 Å². The number of benzene rings is 1. The maximum atomic E-state index is 11.7. The molecular formula is C11H9BrN2O. The lowest BCUT2D eigenvalue weighted by Crippen LogP contribution is -2.20. The predicted octanol–water partition coefficient (Wildman–Crippen LogP) is 2.18. The number of nitrogens with two attached hydrogens (primary N) is 1. The van der Waals surface area contributed by atoms with Gasteiger partial charge in [0, 0.05) is 16.4 Å². The van der Waals surface area contributed by atoms with Crippen molar-refractivity contribution in [1.82, 2.24) is 4.57 Å². The van der Waals surface area contributed by atoms with E-state index in [9.17, 15) is 4.79 Å². The molecule has 1 aromatic heterocycles. The highest BCUT2D eigenvalue weighted by atomic mass is 79.9. The van der Waals surface area contributed by atoms with Gasteiger partial charge in [-0.15, -0.1) is 0 Å². The van der Waals surface area contributed by atoms with Crippen LogP contribution in [-0.2, 0) is 0 Å². The molecule has 4 heteroatoms. The summed E-state index contributed by atoms with van der Waals surface area (Å²) in [6.07, 6.45) is 1.69. The predicted molar refractivity (Wildman–Crippen MR) is 64.2 cm³/mol. The third-order valence-electron chi connectivity index (χ3n) is 2.06. The summed E-state index contributed by atoms with van der Waals surface area (Å²) in [4.78, 5) is 11.7. The van der Waals surface area contributed by atoms with Gasteiger partial charge >= 0.3 is 0 Å². The summed E-state index contributed by atoms with van der Waals surface area (Å²) in [5.41, 5.74) is 6.39. The first-order valence-electron chi connectivity index (χ1n) is 4.41. The van der Waals surface area contributed by atoms with Crippen molar-refractivity contribution in [3.8, 4) is 5.69 Å². The molecule has 0 atom stereocenters. The number of hydrogen-bond donors (Lipinski definition) is 1. The van der Waals surface area contributed by atoms with Gasteiger partial charge < -0.3 is 5.73 Å². The van der Waals surface area contributed by atoms with E-state index in [1.165, 1.54) is 4.57 Å². The molecule has 2 N–H and O–H groups in total. The fraction of sp³-hybridized carbons (Fsp3) is 0. The number of halogens is 1. The van der Waals surface area contributed by atoms with E-state index in [-0.39, 0.29) is 11.2 Å². The van der Waals surface area contributed by atoms with Gasteiger partial charge in [0.15, 0.2) is 0 Å². The maximum absolute atomic E-state index is 11.7. The van der Waals surface area contributed by atoms with Crippen LogP contribution in [0.5, 0.6) is 0 Å². The van der Waals surface area contributed by atoms with E-state index in [4.69, 9.17) is 5.73 Å². The second-order valence-electron chi connectivity index (χ2n) is 3.12. The van der Waals surface area contributed by atoms with E-state index >= 15 is 0 Å². The quantitative estimate of drug-likeness (QED) is 0.859. The largest absolute Gasteiger partial charge is 0.394 e. The van der Waals surface area contributed by atoms with Crippen LogP contribution in [0.2, 0.25) is 0 Å².